The van der Waals surface area contributed by atoms with Crippen LogP contribution in [0.3, 0.4) is 0 Å². The van der Waals surface area contributed by atoms with Crippen LogP contribution in [0, 0.1) is 0 Å². The predicted octanol–water partition coefficient (Wildman–Crippen LogP) is 4.15. The fourth-order valence-electron chi connectivity index (χ4n) is 1.53. The van der Waals surface area contributed by atoms with E-state index in [9.17, 15) is 0 Å². The molecular formula is C13H13BrN2O. The molecule has 4 heteroatoms. The third kappa shape index (κ3) is 2.82. The van der Waals surface area contributed by atoms with Crippen molar-refractivity contribution in [2.45, 2.75) is 19.8 Å². The number of hydrogen-bond acceptors (Lipinski definition) is 3. The van der Waals surface area contributed by atoms with Gasteiger partial charge in [0.15, 0.2) is 0 Å². The quantitative estimate of drug-likeness (QED) is 0.852. The number of hydrogen-bond donors (Lipinski definition) is 0. The maximum atomic E-state index is 5.80. The van der Waals surface area contributed by atoms with Gasteiger partial charge in [0, 0.05) is 6.20 Å². The highest BCUT2D eigenvalue weighted by Gasteiger charge is 2.10. The molecule has 1 heterocycles. The Kier molecular flexibility index (Phi) is 3.74. The van der Waals surface area contributed by atoms with Gasteiger partial charge in [0.1, 0.15) is 12.1 Å². The minimum absolute atomic E-state index is 0.409. The van der Waals surface area contributed by atoms with Crippen molar-refractivity contribution in [3.63, 3.8) is 0 Å². The van der Waals surface area contributed by atoms with E-state index in [4.69, 9.17) is 4.74 Å². The molecule has 0 unspecified atom stereocenters. The number of benzene rings is 1. The van der Waals surface area contributed by atoms with Gasteiger partial charge in [-0.05, 0) is 33.5 Å². The summed E-state index contributed by atoms with van der Waals surface area (Å²) in [6.07, 6.45) is 3.14. The summed E-state index contributed by atoms with van der Waals surface area (Å²) < 4.78 is 6.55. The third-order valence-corrected chi connectivity index (χ3v) is 2.93. The Morgan fingerprint density at radius 1 is 1.24 bits per heavy atom. The largest absolute Gasteiger partial charge is 0.437 e. The van der Waals surface area contributed by atoms with E-state index in [0.29, 0.717) is 11.8 Å². The number of ether oxygens (including phenoxy) is 1. The molecule has 0 saturated heterocycles. The van der Waals surface area contributed by atoms with Crippen LogP contribution >= 0.6 is 15.9 Å². The van der Waals surface area contributed by atoms with Crippen LogP contribution in [0.15, 0.2) is 41.3 Å². The monoisotopic (exact) mass is 292 g/mol. The van der Waals surface area contributed by atoms with Crippen LogP contribution in [0.2, 0.25) is 0 Å². The lowest BCUT2D eigenvalue weighted by atomic mass is 10.0. The van der Waals surface area contributed by atoms with Gasteiger partial charge in [-0.25, -0.2) is 9.97 Å². The van der Waals surface area contributed by atoms with Crippen LogP contribution < -0.4 is 4.74 Å². The van der Waals surface area contributed by atoms with Crippen LogP contribution in [0.4, 0.5) is 0 Å². The first-order valence-electron chi connectivity index (χ1n) is 5.40. The lowest BCUT2D eigenvalue weighted by molar-refractivity contribution is 0.450. The van der Waals surface area contributed by atoms with E-state index in [2.05, 4.69) is 45.8 Å². The molecule has 0 saturated carbocycles. The van der Waals surface area contributed by atoms with Crippen molar-refractivity contribution in [3.8, 4) is 11.6 Å². The zero-order valence-corrected chi connectivity index (χ0v) is 11.3. The SMILES string of the molecule is CC(C)c1ccccc1Oc1ncncc1Br. The molecule has 0 spiro atoms. The summed E-state index contributed by atoms with van der Waals surface area (Å²) in [5.74, 6) is 1.78. The molecule has 1 aromatic heterocycles. The van der Waals surface area contributed by atoms with Crippen LogP contribution in [0.5, 0.6) is 11.6 Å². The molecule has 0 aliphatic heterocycles. The first-order chi connectivity index (χ1) is 8.18. The second-order valence-corrected chi connectivity index (χ2v) is 4.82. The predicted molar refractivity (Wildman–Crippen MR) is 70.3 cm³/mol. The fourth-order valence-corrected chi connectivity index (χ4v) is 1.83. The molecule has 1 aromatic carbocycles. The fraction of sp³-hybridized carbons (Fsp3) is 0.231. The third-order valence-electron chi connectivity index (χ3n) is 2.38. The van der Waals surface area contributed by atoms with Gasteiger partial charge in [-0.15, -0.1) is 0 Å². The molecule has 0 fully saturated rings. The maximum Gasteiger partial charge on any atom is 0.236 e. The Hall–Kier alpha value is -1.42. The standard InChI is InChI=1S/C13H13BrN2O/c1-9(2)10-5-3-4-6-12(10)17-13-11(14)7-15-8-16-13/h3-9H,1-2H3. The summed E-state index contributed by atoms with van der Waals surface area (Å²) in [7, 11) is 0. The topological polar surface area (TPSA) is 35.0 Å². The average molecular weight is 293 g/mol. The Morgan fingerprint density at radius 3 is 2.71 bits per heavy atom. The number of halogens is 1. The van der Waals surface area contributed by atoms with Crippen molar-refractivity contribution < 1.29 is 4.74 Å². The van der Waals surface area contributed by atoms with Crippen molar-refractivity contribution in [1.82, 2.24) is 9.97 Å². The molecule has 0 amide bonds. The molecule has 0 radical (unpaired) electrons. The van der Waals surface area contributed by atoms with Gasteiger partial charge in [-0.3, -0.25) is 0 Å². The molecule has 0 atom stereocenters. The second kappa shape index (κ2) is 5.27. The highest BCUT2D eigenvalue weighted by atomic mass is 79.9. The summed E-state index contributed by atoms with van der Waals surface area (Å²) in [4.78, 5) is 8.00. The van der Waals surface area contributed by atoms with Crippen LogP contribution in [0.1, 0.15) is 25.3 Å². The van der Waals surface area contributed by atoms with Gasteiger partial charge in [-0.1, -0.05) is 32.0 Å². The van der Waals surface area contributed by atoms with Gasteiger partial charge in [-0.2, -0.15) is 0 Å². The van der Waals surface area contributed by atoms with Crippen LogP contribution in [0.25, 0.3) is 0 Å². The van der Waals surface area contributed by atoms with E-state index in [-0.39, 0.29) is 0 Å². The molecule has 0 N–H and O–H groups in total. The average Bonchev–Trinajstić information content (AvgIpc) is 2.32. The van der Waals surface area contributed by atoms with Gasteiger partial charge in [0.2, 0.25) is 5.88 Å². The Labute approximate surface area is 109 Å². The van der Waals surface area contributed by atoms with Crippen LogP contribution in [-0.4, -0.2) is 9.97 Å². The normalized spacial score (nSPS) is 10.6. The molecule has 0 aliphatic carbocycles. The van der Waals surface area contributed by atoms with Crippen molar-refractivity contribution in [2.75, 3.05) is 0 Å². The van der Waals surface area contributed by atoms with E-state index < -0.39 is 0 Å². The Bertz CT molecular complexity index is 514. The first kappa shape index (κ1) is 12.0. The lowest BCUT2D eigenvalue weighted by Gasteiger charge is -2.13. The molecule has 88 valence electrons. The number of aromatic nitrogens is 2. The molecule has 3 nitrogen and oxygen atoms in total. The molecule has 2 aromatic rings. The molecule has 0 bridgehead atoms. The van der Waals surface area contributed by atoms with Crippen LogP contribution in [-0.2, 0) is 0 Å². The Balaban J connectivity index is 2.34. The lowest BCUT2D eigenvalue weighted by Crippen LogP contribution is -1.95. The summed E-state index contributed by atoms with van der Waals surface area (Å²) in [6.45, 7) is 4.27. The van der Waals surface area contributed by atoms with Crippen molar-refractivity contribution >= 4 is 15.9 Å². The highest BCUT2D eigenvalue weighted by Crippen LogP contribution is 2.32. The molecule has 17 heavy (non-hydrogen) atoms. The zero-order valence-electron chi connectivity index (χ0n) is 9.72. The maximum absolute atomic E-state index is 5.80. The number of nitrogens with zero attached hydrogens (tertiary/aromatic N) is 2. The first-order valence-corrected chi connectivity index (χ1v) is 6.20. The second-order valence-electron chi connectivity index (χ2n) is 3.97. The van der Waals surface area contributed by atoms with Gasteiger partial charge in [0.05, 0.1) is 4.47 Å². The van der Waals surface area contributed by atoms with Crippen molar-refractivity contribution in [3.05, 3.63) is 46.8 Å². The Morgan fingerprint density at radius 2 is 2.00 bits per heavy atom. The van der Waals surface area contributed by atoms with E-state index in [0.717, 1.165) is 15.8 Å². The van der Waals surface area contributed by atoms with Gasteiger partial charge in [0.25, 0.3) is 0 Å². The van der Waals surface area contributed by atoms with E-state index in [1.54, 1.807) is 6.20 Å². The number of rotatable bonds is 3. The minimum Gasteiger partial charge on any atom is -0.437 e. The summed E-state index contributed by atoms with van der Waals surface area (Å²) in [5.41, 5.74) is 1.16. The highest BCUT2D eigenvalue weighted by molar-refractivity contribution is 9.10. The smallest absolute Gasteiger partial charge is 0.236 e. The molecular weight excluding hydrogens is 280 g/mol. The van der Waals surface area contributed by atoms with Gasteiger partial charge < -0.3 is 4.74 Å². The molecule has 2 rings (SSSR count). The van der Waals surface area contributed by atoms with E-state index in [1.165, 1.54) is 6.33 Å². The summed E-state index contributed by atoms with van der Waals surface area (Å²) in [5, 5.41) is 0. The minimum atomic E-state index is 0.409. The van der Waals surface area contributed by atoms with E-state index >= 15 is 0 Å². The van der Waals surface area contributed by atoms with Gasteiger partial charge >= 0.3 is 0 Å². The van der Waals surface area contributed by atoms with Crippen molar-refractivity contribution in [2.24, 2.45) is 0 Å². The summed E-state index contributed by atoms with van der Waals surface area (Å²) >= 11 is 3.37. The molecule has 0 aliphatic rings. The van der Waals surface area contributed by atoms with Crippen molar-refractivity contribution in [1.29, 1.82) is 0 Å². The van der Waals surface area contributed by atoms with E-state index in [1.807, 2.05) is 18.2 Å². The zero-order chi connectivity index (χ0) is 12.3. The number of para-hydroxylation sites is 1. The summed E-state index contributed by atoms with van der Waals surface area (Å²) in [6, 6.07) is 7.98.